The van der Waals surface area contributed by atoms with Crippen LogP contribution >= 0.6 is 15.9 Å². The molecule has 1 unspecified atom stereocenters. The molecule has 1 atom stereocenters. The summed E-state index contributed by atoms with van der Waals surface area (Å²) in [5.74, 6) is 0.403. The minimum absolute atomic E-state index is 0.194. The molecule has 23 heavy (non-hydrogen) atoms. The lowest BCUT2D eigenvalue weighted by Gasteiger charge is -2.19. The van der Waals surface area contributed by atoms with Gasteiger partial charge in [0.2, 0.25) is 0 Å². The van der Waals surface area contributed by atoms with Gasteiger partial charge in [0.1, 0.15) is 5.82 Å². The summed E-state index contributed by atoms with van der Waals surface area (Å²) in [7, 11) is 0. The van der Waals surface area contributed by atoms with Crippen molar-refractivity contribution in [2.75, 3.05) is 0 Å². The molecule has 118 valence electrons. The Bertz CT molecular complexity index is 821. The number of nitrogens with one attached hydrogen (secondary N) is 2. The first kappa shape index (κ1) is 14.8. The number of hydrogen-bond acceptors (Lipinski definition) is 2. The Hall–Kier alpha value is -1.72. The van der Waals surface area contributed by atoms with E-state index in [1.54, 1.807) is 6.07 Å². The Labute approximate surface area is 142 Å². The molecular weight excluding hydrogens is 357 g/mol. The molecule has 0 bridgehead atoms. The van der Waals surface area contributed by atoms with E-state index in [4.69, 9.17) is 0 Å². The van der Waals surface area contributed by atoms with Gasteiger partial charge in [0.25, 0.3) is 0 Å². The molecule has 0 aliphatic heterocycles. The van der Waals surface area contributed by atoms with Crippen LogP contribution in [0.4, 0.5) is 4.39 Å². The molecule has 3 nitrogen and oxygen atoms in total. The topological polar surface area (TPSA) is 40.7 Å². The van der Waals surface area contributed by atoms with Crippen LogP contribution in [0.2, 0.25) is 0 Å². The molecule has 0 radical (unpaired) electrons. The van der Waals surface area contributed by atoms with Crippen molar-refractivity contribution in [3.05, 3.63) is 64.0 Å². The van der Waals surface area contributed by atoms with Gasteiger partial charge < -0.3 is 5.32 Å². The van der Waals surface area contributed by atoms with Crippen molar-refractivity contribution in [3.63, 3.8) is 0 Å². The van der Waals surface area contributed by atoms with Crippen LogP contribution < -0.4 is 5.32 Å². The largest absolute Gasteiger partial charge is 0.306 e. The van der Waals surface area contributed by atoms with Crippen LogP contribution in [0.1, 0.15) is 30.0 Å². The molecule has 5 heteroatoms. The van der Waals surface area contributed by atoms with E-state index in [0.717, 1.165) is 27.5 Å². The number of hydrogen-bond donors (Lipinski definition) is 2. The van der Waals surface area contributed by atoms with E-state index in [2.05, 4.69) is 49.6 Å². The lowest BCUT2D eigenvalue weighted by molar-refractivity contribution is 0.477. The quantitative estimate of drug-likeness (QED) is 0.679. The van der Waals surface area contributed by atoms with Crippen molar-refractivity contribution in [1.29, 1.82) is 0 Å². The smallest absolute Gasteiger partial charge is 0.124 e. The predicted octanol–water partition coefficient (Wildman–Crippen LogP) is 4.71. The Kier molecular flexibility index (Phi) is 3.91. The fourth-order valence-corrected chi connectivity index (χ4v) is 3.55. The van der Waals surface area contributed by atoms with E-state index in [9.17, 15) is 4.39 Å². The van der Waals surface area contributed by atoms with Crippen molar-refractivity contribution in [3.8, 4) is 0 Å². The van der Waals surface area contributed by atoms with Crippen LogP contribution in [0.3, 0.4) is 0 Å². The lowest BCUT2D eigenvalue weighted by atomic mass is 10.0. The first-order chi connectivity index (χ1) is 11.2. The fourth-order valence-electron chi connectivity index (χ4n) is 3.06. The Morgan fingerprint density at radius 2 is 2.13 bits per heavy atom. The van der Waals surface area contributed by atoms with Gasteiger partial charge in [0, 0.05) is 22.4 Å². The van der Waals surface area contributed by atoms with E-state index in [-0.39, 0.29) is 11.9 Å². The van der Waals surface area contributed by atoms with Gasteiger partial charge in [-0.15, -0.1) is 0 Å². The number of benzene rings is 2. The fraction of sp³-hybridized carbons (Fsp3) is 0.278. The molecule has 3 aromatic rings. The molecule has 1 fully saturated rings. The van der Waals surface area contributed by atoms with Crippen LogP contribution in [-0.2, 0) is 6.54 Å². The molecule has 1 aromatic heterocycles. The van der Waals surface area contributed by atoms with Crippen LogP contribution in [0.15, 0.2) is 47.1 Å². The van der Waals surface area contributed by atoms with E-state index < -0.39 is 0 Å². The molecule has 0 spiro atoms. The van der Waals surface area contributed by atoms with E-state index in [1.807, 2.05) is 12.3 Å². The second kappa shape index (κ2) is 6.06. The standard InChI is InChI=1S/C18H17BrFN3/c19-15-6-14(7-16(20)8-15)18(12-3-4-12)21-9-11-1-2-13-10-22-23-17(13)5-11/h1-2,5-8,10,12,18,21H,3-4,9H2,(H,22,23). The van der Waals surface area contributed by atoms with E-state index >= 15 is 0 Å². The third-order valence-electron chi connectivity index (χ3n) is 4.37. The highest BCUT2D eigenvalue weighted by Crippen LogP contribution is 2.41. The summed E-state index contributed by atoms with van der Waals surface area (Å²) in [6.07, 6.45) is 4.22. The van der Waals surface area contributed by atoms with Gasteiger partial charge in [-0.1, -0.05) is 28.1 Å². The maximum absolute atomic E-state index is 13.7. The highest BCUT2D eigenvalue weighted by atomic mass is 79.9. The highest BCUT2D eigenvalue weighted by Gasteiger charge is 2.32. The monoisotopic (exact) mass is 373 g/mol. The number of halogens is 2. The van der Waals surface area contributed by atoms with Gasteiger partial charge in [0.05, 0.1) is 11.7 Å². The molecule has 2 N–H and O–H groups in total. The first-order valence-corrected chi connectivity index (χ1v) is 8.60. The number of aromatic amines is 1. The van der Waals surface area contributed by atoms with Crippen molar-refractivity contribution >= 4 is 26.8 Å². The second-order valence-electron chi connectivity index (χ2n) is 6.19. The van der Waals surface area contributed by atoms with Gasteiger partial charge in [-0.3, -0.25) is 5.10 Å². The van der Waals surface area contributed by atoms with Crippen LogP contribution in [0, 0.1) is 11.7 Å². The zero-order chi connectivity index (χ0) is 15.8. The average molecular weight is 374 g/mol. The summed E-state index contributed by atoms with van der Waals surface area (Å²) in [5.41, 5.74) is 3.26. The van der Waals surface area contributed by atoms with Crippen LogP contribution in [0.5, 0.6) is 0 Å². The normalized spacial score (nSPS) is 15.9. The van der Waals surface area contributed by atoms with Crippen molar-refractivity contribution in [1.82, 2.24) is 15.5 Å². The first-order valence-electron chi connectivity index (χ1n) is 7.80. The van der Waals surface area contributed by atoms with Gasteiger partial charge in [-0.25, -0.2) is 4.39 Å². The molecule has 1 aliphatic carbocycles. The third kappa shape index (κ3) is 3.31. The van der Waals surface area contributed by atoms with Crippen LogP contribution in [0.25, 0.3) is 10.9 Å². The molecular formula is C18H17BrFN3. The summed E-state index contributed by atoms with van der Waals surface area (Å²) in [6, 6.07) is 11.6. The zero-order valence-electron chi connectivity index (χ0n) is 12.5. The Morgan fingerprint density at radius 3 is 2.91 bits per heavy atom. The summed E-state index contributed by atoms with van der Waals surface area (Å²) in [6.45, 7) is 0.754. The van der Waals surface area contributed by atoms with Crippen molar-refractivity contribution < 1.29 is 4.39 Å². The third-order valence-corrected chi connectivity index (χ3v) is 4.83. The summed E-state index contributed by atoms with van der Waals surface area (Å²) < 4.78 is 14.5. The Balaban J connectivity index is 1.54. The number of aromatic nitrogens is 2. The SMILES string of the molecule is Fc1cc(Br)cc(C(NCc2ccc3cn[nH]c3c2)C2CC2)c1. The molecule has 0 saturated heterocycles. The predicted molar refractivity (Wildman–Crippen MR) is 92.5 cm³/mol. The number of fused-ring (bicyclic) bond motifs is 1. The average Bonchev–Trinajstić information content (AvgIpc) is 3.23. The summed E-state index contributed by atoms with van der Waals surface area (Å²) in [4.78, 5) is 0. The molecule has 1 heterocycles. The molecule has 0 amide bonds. The van der Waals surface area contributed by atoms with Gasteiger partial charge >= 0.3 is 0 Å². The highest BCUT2D eigenvalue weighted by molar-refractivity contribution is 9.10. The zero-order valence-corrected chi connectivity index (χ0v) is 14.1. The minimum Gasteiger partial charge on any atom is -0.306 e. The summed E-state index contributed by atoms with van der Waals surface area (Å²) in [5, 5.41) is 11.8. The van der Waals surface area contributed by atoms with Crippen molar-refractivity contribution in [2.24, 2.45) is 5.92 Å². The van der Waals surface area contributed by atoms with Crippen molar-refractivity contribution in [2.45, 2.75) is 25.4 Å². The second-order valence-corrected chi connectivity index (χ2v) is 7.11. The number of nitrogens with zero attached hydrogens (tertiary/aromatic N) is 1. The van der Waals surface area contributed by atoms with Gasteiger partial charge in [-0.05, 0) is 54.2 Å². The molecule has 1 aliphatic rings. The lowest BCUT2D eigenvalue weighted by Crippen LogP contribution is -2.22. The molecule has 4 rings (SSSR count). The van der Waals surface area contributed by atoms with Gasteiger partial charge in [0.15, 0.2) is 0 Å². The van der Waals surface area contributed by atoms with Crippen LogP contribution in [-0.4, -0.2) is 10.2 Å². The van der Waals surface area contributed by atoms with E-state index in [1.165, 1.54) is 24.5 Å². The van der Waals surface area contributed by atoms with E-state index in [0.29, 0.717) is 5.92 Å². The Morgan fingerprint density at radius 1 is 1.26 bits per heavy atom. The van der Waals surface area contributed by atoms with Gasteiger partial charge in [-0.2, -0.15) is 5.10 Å². The summed E-state index contributed by atoms with van der Waals surface area (Å²) >= 11 is 3.39. The molecule has 1 saturated carbocycles. The maximum Gasteiger partial charge on any atom is 0.124 e. The molecule has 2 aromatic carbocycles. The maximum atomic E-state index is 13.7. The number of rotatable bonds is 5. The number of H-pyrrole nitrogens is 1. The minimum atomic E-state index is -0.194.